The summed E-state index contributed by atoms with van der Waals surface area (Å²) >= 11 is 0. The van der Waals surface area contributed by atoms with E-state index in [0.717, 1.165) is 11.1 Å². The van der Waals surface area contributed by atoms with Crippen LogP contribution in [-0.2, 0) is 0 Å². The van der Waals surface area contributed by atoms with Crippen LogP contribution in [0.2, 0.25) is 0 Å². The molecule has 0 bridgehead atoms. The Balaban J connectivity index is 2.15. The van der Waals surface area contributed by atoms with E-state index in [0.29, 0.717) is 0 Å². The molecule has 8 heteroatoms. The van der Waals surface area contributed by atoms with E-state index in [1.807, 2.05) is 0 Å². The Kier molecular flexibility index (Phi) is 4.93. The van der Waals surface area contributed by atoms with Crippen molar-refractivity contribution >= 4 is 11.8 Å². The molecule has 0 unspecified atom stereocenters. The molecule has 2 aromatic carbocycles. The van der Waals surface area contributed by atoms with Crippen molar-refractivity contribution < 1.29 is 27.9 Å². The third kappa shape index (κ3) is 3.47. The number of ketones is 1. The van der Waals surface area contributed by atoms with Gasteiger partial charge in [-0.1, -0.05) is 59.7 Å². The number of alkyl halides is 3. The Hall–Kier alpha value is -2.87. The second kappa shape index (κ2) is 6.94. The average molecular weight is 392 g/mol. The largest absolute Gasteiger partial charge is 0.437 e. The molecule has 2 aromatic rings. The van der Waals surface area contributed by atoms with Crippen LogP contribution in [0.25, 0.3) is 0 Å². The molecule has 1 aliphatic rings. The first-order valence-electron chi connectivity index (χ1n) is 8.58. The van der Waals surface area contributed by atoms with E-state index in [4.69, 9.17) is 0 Å². The average Bonchev–Trinajstić information content (AvgIpc) is 2.61. The highest BCUT2D eigenvalue weighted by Crippen LogP contribution is 2.43. The van der Waals surface area contributed by atoms with E-state index in [9.17, 15) is 27.9 Å². The van der Waals surface area contributed by atoms with Gasteiger partial charge < -0.3 is 15.7 Å². The number of benzene rings is 2. The standard InChI is InChI=1S/C20H19F3N2O3/c1-11-3-7-13(8-4-11)16-15(17(26)14-9-5-12(2)6-10-14)19(28,20(21,22)23)25-18(27)24-16/h3-10,15-16,28H,1-2H3,(H2,24,25,27)/t15-,16-,19+/m0/s1. The lowest BCUT2D eigenvalue weighted by Gasteiger charge is -2.45. The van der Waals surface area contributed by atoms with Gasteiger partial charge in [0.15, 0.2) is 5.78 Å². The van der Waals surface area contributed by atoms with E-state index < -0.39 is 35.7 Å². The van der Waals surface area contributed by atoms with E-state index >= 15 is 0 Å². The molecule has 2 amide bonds. The molecule has 1 heterocycles. The Labute approximate surface area is 159 Å². The maximum Gasteiger partial charge on any atom is 0.437 e. The predicted octanol–water partition coefficient (Wildman–Crippen LogP) is 3.41. The number of Topliss-reactive ketones (excluding diaryl/α,β-unsaturated/α-hetero) is 1. The van der Waals surface area contributed by atoms with Crippen molar-refractivity contribution in [1.29, 1.82) is 0 Å². The summed E-state index contributed by atoms with van der Waals surface area (Å²) in [4.78, 5) is 25.0. The van der Waals surface area contributed by atoms with Crippen molar-refractivity contribution in [3.63, 3.8) is 0 Å². The normalized spacial score (nSPS) is 25.0. The first kappa shape index (κ1) is 19.9. The molecule has 148 valence electrons. The monoisotopic (exact) mass is 392 g/mol. The van der Waals surface area contributed by atoms with Gasteiger partial charge in [0.25, 0.3) is 0 Å². The maximum atomic E-state index is 13.8. The van der Waals surface area contributed by atoms with Crippen molar-refractivity contribution in [1.82, 2.24) is 10.6 Å². The summed E-state index contributed by atoms with van der Waals surface area (Å²) in [5, 5.41) is 14.4. The number of halogens is 3. The molecule has 28 heavy (non-hydrogen) atoms. The number of nitrogens with one attached hydrogen (secondary N) is 2. The van der Waals surface area contributed by atoms with Crippen molar-refractivity contribution in [3.05, 3.63) is 70.8 Å². The minimum atomic E-state index is -5.27. The fourth-order valence-corrected chi connectivity index (χ4v) is 3.29. The molecule has 0 saturated carbocycles. The number of hydrogen-bond donors (Lipinski definition) is 3. The van der Waals surface area contributed by atoms with Gasteiger partial charge in [0, 0.05) is 5.56 Å². The van der Waals surface area contributed by atoms with Crippen LogP contribution in [0.5, 0.6) is 0 Å². The molecule has 0 radical (unpaired) electrons. The van der Waals surface area contributed by atoms with E-state index in [1.165, 1.54) is 29.6 Å². The molecule has 3 N–H and O–H groups in total. The molecule has 0 spiro atoms. The Bertz CT molecular complexity index is 894. The fourth-order valence-electron chi connectivity index (χ4n) is 3.29. The minimum Gasteiger partial charge on any atom is -0.363 e. The van der Waals surface area contributed by atoms with Gasteiger partial charge in [-0.25, -0.2) is 4.79 Å². The molecule has 0 aromatic heterocycles. The van der Waals surface area contributed by atoms with Gasteiger partial charge >= 0.3 is 12.2 Å². The Morgan fingerprint density at radius 2 is 1.50 bits per heavy atom. The van der Waals surface area contributed by atoms with Crippen molar-refractivity contribution in [3.8, 4) is 0 Å². The summed E-state index contributed by atoms with van der Waals surface area (Å²) in [6, 6.07) is 9.77. The zero-order valence-corrected chi connectivity index (χ0v) is 15.2. The van der Waals surface area contributed by atoms with Gasteiger partial charge in [-0.15, -0.1) is 0 Å². The van der Waals surface area contributed by atoms with Crippen LogP contribution < -0.4 is 10.6 Å². The quantitative estimate of drug-likeness (QED) is 0.701. The number of carbonyl (C=O) groups excluding carboxylic acids is 2. The van der Waals surface area contributed by atoms with Crippen molar-refractivity contribution in [2.45, 2.75) is 31.8 Å². The number of hydrogen-bond acceptors (Lipinski definition) is 3. The SMILES string of the molecule is Cc1ccc(C(=O)[C@@H]2[C@H](c3ccc(C)cc3)NC(=O)N[C@]2(O)C(F)(F)F)cc1. The summed E-state index contributed by atoms with van der Waals surface area (Å²) in [5.74, 6) is -2.95. The van der Waals surface area contributed by atoms with Crippen LogP contribution in [0.3, 0.4) is 0 Å². The van der Waals surface area contributed by atoms with E-state index in [1.54, 1.807) is 38.1 Å². The molecule has 1 aliphatic heterocycles. The van der Waals surface area contributed by atoms with Crippen LogP contribution in [-0.4, -0.2) is 28.8 Å². The number of carbonyl (C=O) groups is 2. The zero-order chi connectivity index (χ0) is 20.7. The molecular formula is C20H19F3N2O3. The molecule has 3 atom stereocenters. The molecule has 5 nitrogen and oxygen atoms in total. The van der Waals surface area contributed by atoms with E-state index in [-0.39, 0.29) is 11.1 Å². The van der Waals surface area contributed by atoms with Crippen LogP contribution in [0.15, 0.2) is 48.5 Å². The number of rotatable bonds is 3. The topological polar surface area (TPSA) is 78.4 Å². The second-order valence-electron chi connectivity index (χ2n) is 6.96. The summed E-state index contributed by atoms with van der Waals surface area (Å²) in [6.07, 6.45) is -5.27. The van der Waals surface area contributed by atoms with Gasteiger partial charge in [-0.3, -0.25) is 4.79 Å². The first-order chi connectivity index (χ1) is 13.0. The zero-order valence-electron chi connectivity index (χ0n) is 15.2. The van der Waals surface area contributed by atoms with Crippen molar-refractivity contribution in [2.24, 2.45) is 5.92 Å². The number of aliphatic hydroxyl groups is 1. The molecule has 3 rings (SSSR count). The lowest BCUT2D eigenvalue weighted by molar-refractivity contribution is -0.287. The van der Waals surface area contributed by atoms with Gasteiger partial charge in [-0.05, 0) is 19.4 Å². The summed E-state index contributed by atoms with van der Waals surface area (Å²) < 4.78 is 41.4. The lowest BCUT2D eigenvalue weighted by Crippen LogP contribution is -2.72. The highest BCUT2D eigenvalue weighted by atomic mass is 19.4. The minimum absolute atomic E-state index is 0.00772. The maximum absolute atomic E-state index is 13.8. The highest BCUT2D eigenvalue weighted by molar-refractivity contribution is 6.00. The summed E-state index contributed by atoms with van der Waals surface area (Å²) in [7, 11) is 0. The smallest absolute Gasteiger partial charge is 0.363 e. The van der Waals surface area contributed by atoms with Gasteiger partial charge in [0.05, 0.1) is 6.04 Å². The highest BCUT2D eigenvalue weighted by Gasteiger charge is 2.66. The first-order valence-corrected chi connectivity index (χ1v) is 8.58. The predicted molar refractivity (Wildman–Crippen MR) is 95.6 cm³/mol. The molecular weight excluding hydrogens is 373 g/mol. The Morgan fingerprint density at radius 3 is 2.00 bits per heavy atom. The van der Waals surface area contributed by atoms with Gasteiger partial charge in [0.1, 0.15) is 5.92 Å². The van der Waals surface area contributed by atoms with Crippen LogP contribution >= 0.6 is 0 Å². The van der Waals surface area contributed by atoms with Gasteiger partial charge in [0.2, 0.25) is 5.72 Å². The van der Waals surface area contributed by atoms with Gasteiger partial charge in [-0.2, -0.15) is 13.2 Å². The van der Waals surface area contributed by atoms with Crippen LogP contribution in [0.4, 0.5) is 18.0 Å². The fraction of sp³-hybridized carbons (Fsp3) is 0.300. The molecule has 0 aliphatic carbocycles. The number of amides is 2. The number of urea groups is 1. The van der Waals surface area contributed by atoms with Crippen molar-refractivity contribution in [2.75, 3.05) is 0 Å². The number of aryl methyl sites for hydroxylation is 2. The molecule has 1 fully saturated rings. The van der Waals surface area contributed by atoms with E-state index in [2.05, 4.69) is 5.32 Å². The molecule has 1 saturated heterocycles. The third-order valence-corrected chi connectivity index (χ3v) is 4.86. The Morgan fingerprint density at radius 1 is 1.00 bits per heavy atom. The second-order valence-corrected chi connectivity index (χ2v) is 6.96. The summed E-state index contributed by atoms with van der Waals surface area (Å²) in [6.45, 7) is 3.57. The van der Waals surface area contributed by atoms with Crippen LogP contribution in [0, 0.1) is 19.8 Å². The summed E-state index contributed by atoms with van der Waals surface area (Å²) in [5.41, 5.74) is -1.74. The third-order valence-electron chi connectivity index (χ3n) is 4.86. The lowest BCUT2D eigenvalue weighted by atomic mass is 9.77. The van der Waals surface area contributed by atoms with Crippen LogP contribution in [0.1, 0.15) is 33.1 Å².